The van der Waals surface area contributed by atoms with Crippen molar-refractivity contribution in [2.45, 2.75) is 4.90 Å². The highest BCUT2D eigenvalue weighted by molar-refractivity contribution is 8.13. The smallest absolute Gasteiger partial charge is 0.273 e. The van der Waals surface area contributed by atoms with Gasteiger partial charge in [0.05, 0.1) is 11.0 Å². The molecule has 0 aliphatic heterocycles. The van der Waals surface area contributed by atoms with Crippen LogP contribution in [0.25, 0.3) is 0 Å². The molecule has 0 saturated carbocycles. The number of hydrogen-bond acceptors (Lipinski definition) is 6. The van der Waals surface area contributed by atoms with Crippen LogP contribution in [0.1, 0.15) is 0 Å². The van der Waals surface area contributed by atoms with Gasteiger partial charge < -0.3 is 10.5 Å². The molecule has 2 N–H and O–H groups in total. The number of nitrogens with zero attached hydrogens (tertiary/aromatic N) is 1. The van der Waals surface area contributed by atoms with Gasteiger partial charge in [-0.05, 0) is 0 Å². The first-order chi connectivity index (χ1) is 8.62. The Balaban J connectivity index is 3.44. The number of primary amides is 1. The third-order valence-electron chi connectivity index (χ3n) is 1.83. The van der Waals surface area contributed by atoms with Crippen molar-refractivity contribution in [2.24, 2.45) is 5.73 Å². The number of carbonyl (C=O) groups is 1. The summed E-state index contributed by atoms with van der Waals surface area (Å²) in [5.41, 5.74) is 3.92. The molecule has 19 heavy (non-hydrogen) atoms. The van der Waals surface area contributed by atoms with Crippen LogP contribution in [0.15, 0.2) is 17.0 Å². The molecule has 1 aromatic rings. The first-order valence-corrected chi connectivity index (χ1v) is 6.77. The summed E-state index contributed by atoms with van der Waals surface area (Å²) >= 11 is 0. The fourth-order valence-corrected chi connectivity index (χ4v) is 2.11. The van der Waals surface area contributed by atoms with Gasteiger partial charge in [-0.2, -0.15) is 0 Å². The van der Waals surface area contributed by atoms with Gasteiger partial charge in [-0.3, -0.25) is 14.9 Å². The molecule has 1 amide bonds. The zero-order valence-electron chi connectivity index (χ0n) is 9.00. The van der Waals surface area contributed by atoms with Crippen LogP contribution in [0.4, 0.5) is 10.1 Å². The second kappa shape index (κ2) is 5.36. The monoisotopic (exact) mass is 312 g/mol. The maximum Gasteiger partial charge on any atom is 0.273 e. The van der Waals surface area contributed by atoms with E-state index in [4.69, 9.17) is 16.4 Å². The van der Waals surface area contributed by atoms with Gasteiger partial charge in [-0.25, -0.2) is 12.8 Å². The number of nitro benzene ring substituents is 1. The second-order valence-corrected chi connectivity index (χ2v) is 5.74. The molecule has 0 saturated heterocycles. The van der Waals surface area contributed by atoms with Gasteiger partial charge >= 0.3 is 0 Å². The first kappa shape index (κ1) is 15.1. The molecular weight excluding hydrogens is 307 g/mol. The molecule has 0 aliphatic carbocycles. The number of hydrogen-bond donors (Lipinski definition) is 1. The SMILES string of the molecule is NC(=O)COc1c(F)cc([N+](=O)[O-])cc1S(=O)(=O)Cl. The minimum absolute atomic E-state index is 0.432. The standard InChI is InChI=1S/C8H6ClFN2O6S/c9-19(16,17)6-2-4(12(14)15)1-5(10)8(6)18-3-7(11)13/h1-2H,3H2,(H2,11,13). The predicted octanol–water partition coefficient (Wildman–Crippen LogP) is 0.525. The summed E-state index contributed by atoms with van der Waals surface area (Å²) in [6.07, 6.45) is 0. The highest BCUT2D eigenvalue weighted by Gasteiger charge is 2.26. The number of rotatable bonds is 5. The molecule has 0 bridgehead atoms. The molecule has 0 radical (unpaired) electrons. The third kappa shape index (κ3) is 3.76. The minimum atomic E-state index is -4.51. The quantitative estimate of drug-likeness (QED) is 0.479. The van der Waals surface area contributed by atoms with Crippen molar-refractivity contribution in [3.8, 4) is 5.75 Å². The molecule has 0 aromatic heterocycles. The van der Waals surface area contributed by atoms with E-state index in [2.05, 4.69) is 4.74 Å². The van der Waals surface area contributed by atoms with Gasteiger partial charge in [0.25, 0.3) is 20.6 Å². The van der Waals surface area contributed by atoms with E-state index in [9.17, 15) is 27.7 Å². The maximum absolute atomic E-state index is 13.5. The number of amides is 1. The van der Waals surface area contributed by atoms with Gasteiger partial charge in [0.1, 0.15) is 4.90 Å². The summed E-state index contributed by atoms with van der Waals surface area (Å²) in [6.45, 7) is -0.811. The molecule has 8 nitrogen and oxygen atoms in total. The Morgan fingerprint density at radius 3 is 2.53 bits per heavy atom. The van der Waals surface area contributed by atoms with Gasteiger partial charge in [-0.15, -0.1) is 0 Å². The van der Waals surface area contributed by atoms with Gasteiger partial charge in [-0.1, -0.05) is 0 Å². The van der Waals surface area contributed by atoms with E-state index < -0.39 is 48.6 Å². The summed E-state index contributed by atoms with van der Waals surface area (Å²) in [7, 11) is 0.505. The summed E-state index contributed by atoms with van der Waals surface area (Å²) in [4.78, 5) is 19.0. The van der Waals surface area contributed by atoms with Crippen molar-refractivity contribution in [3.05, 3.63) is 28.1 Å². The topological polar surface area (TPSA) is 130 Å². The molecule has 0 fully saturated rings. The van der Waals surface area contributed by atoms with Gasteiger partial charge in [0, 0.05) is 16.7 Å². The minimum Gasteiger partial charge on any atom is -0.479 e. The Labute approximate surface area is 110 Å². The average molecular weight is 313 g/mol. The zero-order valence-corrected chi connectivity index (χ0v) is 10.6. The van der Waals surface area contributed by atoms with E-state index in [0.717, 1.165) is 0 Å². The van der Waals surface area contributed by atoms with Crippen LogP contribution in [-0.2, 0) is 13.8 Å². The Hall–Kier alpha value is -1.94. The maximum atomic E-state index is 13.5. The Morgan fingerprint density at radius 2 is 2.11 bits per heavy atom. The molecule has 104 valence electrons. The highest BCUT2D eigenvalue weighted by atomic mass is 35.7. The van der Waals surface area contributed by atoms with Gasteiger partial charge in [0.15, 0.2) is 18.2 Å². The molecule has 0 unspecified atom stereocenters. The van der Waals surface area contributed by atoms with Crippen molar-refractivity contribution in [1.29, 1.82) is 0 Å². The molecule has 0 heterocycles. The lowest BCUT2D eigenvalue weighted by molar-refractivity contribution is -0.385. The van der Waals surface area contributed by atoms with Crippen molar-refractivity contribution in [2.75, 3.05) is 6.61 Å². The van der Waals surface area contributed by atoms with E-state index in [1.54, 1.807) is 0 Å². The van der Waals surface area contributed by atoms with Crippen LogP contribution in [-0.4, -0.2) is 25.9 Å². The number of benzene rings is 1. The molecule has 0 aliphatic rings. The van der Waals surface area contributed by atoms with E-state index >= 15 is 0 Å². The number of carbonyl (C=O) groups excluding carboxylic acids is 1. The van der Waals surface area contributed by atoms with Crippen LogP contribution < -0.4 is 10.5 Å². The summed E-state index contributed by atoms with van der Waals surface area (Å²) in [5.74, 6) is -3.25. The van der Waals surface area contributed by atoms with Crippen LogP contribution in [0.2, 0.25) is 0 Å². The molecule has 0 atom stereocenters. The Kier molecular flexibility index (Phi) is 4.27. The van der Waals surface area contributed by atoms with Crippen LogP contribution in [0.5, 0.6) is 5.75 Å². The lowest BCUT2D eigenvalue weighted by Gasteiger charge is -2.09. The van der Waals surface area contributed by atoms with Crippen molar-refractivity contribution < 1.29 is 27.3 Å². The molecule has 1 aromatic carbocycles. The first-order valence-electron chi connectivity index (χ1n) is 4.46. The summed E-state index contributed by atoms with van der Waals surface area (Å²) in [6, 6.07) is 0.948. The molecule has 1 rings (SSSR count). The number of halogens is 2. The van der Waals surface area contributed by atoms with Crippen molar-refractivity contribution >= 4 is 31.3 Å². The lowest BCUT2D eigenvalue weighted by atomic mass is 10.3. The third-order valence-corrected chi connectivity index (χ3v) is 3.15. The normalized spacial score (nSPS) is 11.1. The largest absolute Gasteiger partial charge is 0.479 e. The highest BCUT2D eigenvalue weighted by Crippen LogP contribution is 2.33. The van der Waals surface area contributed by atoms with Crippen LogP contribution >= 0.6 is 10.7 Å². The van der Waals surface area contributed by atoms with Crippen LogP contribution in [0.3, 0.4) is 0 Å². The van der Waals surface area contributed by atoms with Gasteiger partial charge in [0.2, 0.25) is 0 Å². The molecule has 11 heteroatoms. The fourth-order valence-electron chi connectivity index (χ4n) is 1.12. The lowest BCUT2D eigenvalue weighted by Crippen LogP contribution is -2.21. The number of non-ortho nitro benzene ring substituents is 1. The van der Waals surface area contributed by atoms with E-state index in [1.807, 2.05) is 0 Å². The summed E-state index contributed by atoms with van der Waals surface area (Å²) in [5, 5.41) is 10.5. The fraction of sp³-hybridized carbons (Fsp3) is 0.125. The van der Waals surface area contributed by atoms with E-state index in [1.165, 1.54) is 0 Å². The van der Waals surface area contributed by atoms with E-state index in [-0.39, 0.29) is 0 Å². The van der Waals surface area contributed by atoms with Crippen molar-refractivity contribution in [1.82, 2.24) is 0 Å². The number of nitrogens with two attached hydrogens (primary N) is 1. The number of ether oxygens (including phenoxy) is 1. The molecular formula is C8H6ClFN2O6S. The van der Waals surface area contributed by atoms with E-state index in [0.29, 0.717) is 12.1 Å². The Morgan fingerprint density at radius 1 is 1.53 bits per heavy atom. The predicted molar refractivity (Wildman–Crippen MR) is 60.8 cm³/mol. The van der Waals surface area contributed by atoms with Crippen LogP contribution in [0, 0.1) is 15.9 Å². The summed E-state index contributed by atoms with van der Waals surface area (Å²) < 4.78 is 40.5. The zero-order chi connectivity index (χ0) is 14.8. The molecule has 0 spiro atoms. The Bertz CT molecular complexity index is 647. The second-order valence-electron chi connectivity index (χ2n) is 3.20. The number of nitro groups is 1. The average Bonchev–Trinajstić information content (AvgIpc) is 2.24. The van der Waals surface area contributed by atoms with Crippen molar-refractivity contribution in [3.63, 3.8) is 0 Å².